The van der Waals surface area contributed by atoms with Crippen molar-refractivity contribution in [3.8, 4) is 0 Å². The van der Waals surface area contributed by atoms with Crippen LogP contribution in [0.2, 0.25) is 0 Å². The molecule has 2 N–H and O–H groups in total. The van der Waals surface area contributed by atoms with E-state index in [1.807, 2.05) is 60.7 Å². The summed E-state index contributed by atoms with van der Waals surface area (Å²) in [6.07, 6.45) is 1.99. The lowest BCUT2D eigenvalue weighted by molar-refractivity contribution is -0.131. The average molecular weight is 335 g/mol. The van der Waals surface area contributed by atoms with E-state index in [9.17, 15) is 4.79 Å². The van der Waals surface area contributed by atoms with Gasteiger partial charge < -0.3 is 10.5 Å². The lowest BCUT2D eigenvalue weighted by Crippen LogP contribution is -2.46. The summed E-state index contributed by atoms with van der Waals surface area (Å²) in [6.45, 7) is 1.20. The fourth-order valence-corrected chi connectivity index (χ4v) is 3.65. The van der Waals surface area contributed by atoms with E-state index in [1.165, 1.54) is 0 Å². The quantitative estimate of drug-likeness (QED) is 0.932. The van der Waals surface area contributed by atoms with Crippen molar-refractivity contribution < 1.29 is 9.53 Å². The first-order chi connectivity index (χ1) is 12.2. The summed E-state index contributed by atoms with van der Waals surface area (Å²) in [4.78, 5) is 19.8. The van der Waals surface area contributed by atoms with Gasteiger partial charge in [-0.1, -0.05) is 60.7 Å². The highest BCUT2D eigenvalue weighted by Crippen LogP contribution is 2.39. The van der Waals surface area contributed by atoms with Crippen LogP contribution in [0.3, 0.4) is 0 Å². The van der Waals surface area contributed by atoms with Gasteiger partial charge in [-0.2, -0.15) is 0 Å². The van der Waals surface area contributed by atoms with E-state index in [0.29, 0.717) is 6.54 Å². The minimum Gasteiger partial charge on any atom is -0.376 e. The minimum atomic E-state index is -1.12. The molecular formula is C20H21N3O2. The molecule has 1 amide bonds. The van der Waals surface area contributed by atoms with Gasteiger partial charge in [0.15, 0.2) is 11.5 Å². The first kappa shape index (κ1) is 15.8. The average Bonchev–Trinajstić information content (AvgIpc) is 3.26. The molecular weight excluding hydrogens is 314 g/mol. The second-order valence-electron chi connectivity index (χ2n) is 6.46. The molecule has 0 aliphatic carbocycles. The molecule has 0 radical (unpaired) electrons. The molecule has 25 heavy (non-hydrogen) atoms. The maximum atomic E-state index is 13.5. The van der Waals surface area contributed by atoms with Crippen LogP contribution < -0.4 is 5.73 Å². The first-order valence-corrected chi connectivity index (χ1v) is 8.62. The number of nitrogens with two attached hydrogens (primary N) is 1. The fourth-order valence-electron chi connectivity index (χ4n) is 3.65. The van der Waals surface area contributed by atoms with E-state index < -0.39 is 5.54 Å². The molecule has 1 fully saturated rings. The Morgan fingerprint density at radius 3 is 2.20 bits per heavy atom. The second-order valence-corrected chi connectivity index (χ2v) is 6.46. The van der Waals surface area contributed by atoms with Crippen LogP contribution in [0.1, 0.15) is 24.0 Å². The number of rotatable bonds is 4. The molecule has 2 aromatic carbocycles. The number of carbonyl (C=O) groups excluding carboxylic acids is 1. The molecule has 2 heterocycles. The SMILES string of the molecule is NC1=NC(c2ccccc2)(c2ccccc2)C(=O)N1CC1CCCO1. The van der Waals surface area contributed by atoms with Gasteiger partial charge in [0.2, 0.25) is 0 Å². The number of nitrogens with zero attached hydrogens (tertiary/aromatic N) is 2. The number of benzene rings is 2. The van der Waals surface area contributed by atoms with E-state index >= 15 is 0 Å². The summed E-state index contributed by atoms with van der Waals surface area (Å²) < 4.78 is 5.69. The Morgan fingerprint density at radius 1 is 1.08 bits per heavy atom. The van der Waals surface area contributed by atoms with Crippen LogP contribution in [-0.2, 0) is 15.1 Å². The molecule has 5 nitrogen and oxygen atoms in total. The summed E-state index contributed by atoms with van der Waals surface area (Å²) in [7, 11) is 0. The van der Waals surface area contributed by atoms with Gasteiger partial charge in [-0.25, -0.2) is 4.99 Å². The molecule has 0 saturated carbocycles. The van der Waals surface area contributed by atoms with E-state index in [2.05, 4.69) is 4.99 Å². The number of hydrogen-bond acceptors (Lipinski definition) is 4. The lowest BCUT2D eigenvalue weighted by Gasteiger charge is -2.28. The van der Waals surface area contributed by atoms with Gasteiger partial charge >= 0.3 is 0 Å². The Balaban J connectivity index is 1.78. The summed E-state index contributed by atoms with van der Waals surface area (Å²) in [5.41, 5.74) is 6.72. The van der Waals surface area contributed by atoms with E-state index in [4.69, 9.17) is 10.5 Å². The summed E-state index contributed by atoms with van der Waals surface area (Å²) in [5.74, 6) is 0.145. The Bertz CT molecular complexity index is 744. The molecule has 2 aliphatic rings. The third-order valence-corrected chi connectivity index (χ3v) is 4.91. The zero-order valence-electron chi connectivity index (χ0n) is 14.0. The Labute approximate surface area is 147 Å². The predicted octanol–water partition coefficient (Wildman–Crippen LogP) is 2.27. The highest BCUT2D eigenvalue weighted by Gasteiger charge is 2.50. The van der Waals surface area contributed by atoms with Gasteiger partial charge in [-0.05, 0) is 24.0 Å². The predicted molar refractivity (Wildman–Crippen MR) is 96.0 cm³/mol. The maximum Gasteiger partial charge on any atom is 0.266 e. The van der Waals surface area contributed by atoms with Crippen LogP contribution in [-0.4, -0.2) is 36.0 Å². The zero-order chi connectivity index (χ0) is 17.3. The number of guanidine groups is 1. The molecule has 1 atom stereocenters. The van der Waals surface area contributed by atoms with E-state index in [1.54, 1.807) is 4.90 Å². The zero-order valence-corrected chi connectivity index (χ0v) is 14.0. The van der Waals surface area contributed by atoms with Crippen molar-refractivity contribution in [2.75, 3.05) is 13.2 Å². The third-order valence-electron chi connectivity index (χ3n) is 4.91. The molecule has 2 aromatic rings. The number of aliphatic imine (C=N–C) groups is 1. The second kappa shape index (κ2) is 6.33. The lowest BCUT2D eigenvalue weighted by atomic mass is 9.83. The minimum absolute atomic E-state index is 0.0278. The van der Waals surface area contributed by atoms with Crippen molar-refractivity contribution in [3.63, 3.8) is 0 Å². The van der Waals surface area contributed by atoms with Crippen molar-refractivity contribution in [1.82, 2.24) is 4.90 Å². The summed E-state index contributed by atoms with van der Waals surface area (Å²) in [5, 5.41) is 0. The number of ether oxygens (including phenoxy) is 1. The van der Waals surface area contributed by atoms with Crippen molar-refractivity contribution >= 4 is 11.9 Å². The topological polar surface area (TPSA) is 67.9 Å². The summed E-state index contributed by atoms with van der Waals surface area (Å²) >= 11 is 0. The van der Waals surface area contributed by atoms with Crippen LogP contribution in [0.4, 0.5) is 0 Å². The highest BCUT2D eigenvalue weighted by molar-refractivity contribution is 6.09. The molecule has 2 aliphatic heterocycles. The van der Waals surface area contributed by atoms with Crippen LogP contribution >= 0.6 is 0 Å². The molecule has 4 rings (SSSR count). The molecule has 0 spiro atoms. The van der Waals surface area contributed by atoms with Gasteiger partial charge in [0, 0.05) is 6.61 Å². The number of hydrogen-bond donors (Lipinski definition) is 1. The van der Waals surface area contributed by atoms with Crippen molar-refractivity contribution in [1.29, 1.82) is 0 Å². The van der Waals surface area contributed by atoms with Crippen molar-refractivity contribution in [3.05, 3.63) is 71.8 Å². The summed E-state index contributed by atoms with van der Waals surface area (Å²) in [6, 6.07) is 19.2. The van der Waals surface area contributed by atoms with Gasteiger partial charge in [0.25, 0.3) is 5.91 Å². The Morgan fingerprint density at radius 2 is 1.68 bits per heavy atom. The largest absolute Gasteiger partial charge is 0.376 e. The Kier molecular flexibility index (Phi) is 4.01. The standard InChI is InChI=1S/C20H21N3O2/c21-19-22-20(15-8-3-1-4-9-15,16-10-5-2-6-11-16)18(24)23(19)14-17-12-7-13-25-17/h1-6,8-11,17H,7,12-14H2,(H2,21,22). The molecule has 0 bridgehead atoms. The van der Waals surface area contributed by atoms with Gasteiger partial charge in [-0.3, -0.25) is 9.69 Å². The molecule has 1 unspecified atom stereocenters. The fraction of sp³-hybridized carbons (Fsp3) is 0.300. The highest BCUT2D eigenvalue weighted by atomic mass is 16.5. The Hall–Kier alpha value is -2.66. The normalized spacial score (nSPS) is 22.2. The smallest absolute Gasteiger partial charge is 0.266 e. The van der Waals surface area contributed by atoms with Gasteiger partial charge in [0.05, 0.1) is 12.6 Å². The van der Waals surface area contributed by atoms with E-state index in [0.717, 1.165) is 30.6 Å². The van der Waals surface area contributed by atoms with Crippen molar-refractivity contribution in [2.45, 2.75) is 24.5 Å². The maximum absolute atomic E-state index is 13.5. The molecule has 5 heteroatoms. The number of amides is 1. The van der Waals surface area contributed by atoms with Crippen molar-refractivity contribution in [2.24, 2.45) is 10.7 Å². The monoisotopic (exact) mass is 335 g/mol. The van der Waals surface area contributed by atoms with Crippen LogP contribution in [0, 0.1) is 0 Å². The van der Waals surface area contributed by atoms with E-state index in [-0.39, 0.29) is 18.0 Å². The van der Waals surface area contributed by atoms with Crippen LogP contribution in [0.25, 0.3) is 0 Å². The molecule has 0 aromatic heterocycles. The third kappa shape index (κ3) is 2.61. The van der Waals surface area contributed by atoms with Gasteiger partial charge in [0.1, 0.15) is 0 Å². The number of carbonyl (C=O) groups is 1. The molecule has 1 saturated heterocycles. The van der Waals surface area contributed by atoms with Gasteiger partial charge in [-0.15, -0.1) is 0 Å². The molecule has 128 valence electrons. The van der Waals surface area contributed by atoms with Crippen LogP contribution in [0.5, 0.6) is 0 Å². The first-order valence-electron chi connectivity index (χ1n) is 8.62. The van der Waals surface area contributed by atoms with Crippen LogP contribution in [0.15, 0.2) is 65.7 Å².